The maximum Gasteiger partial charge on any atom is 0.341 e. The van der Waals surface area contributed by atoms with Crippen molar-refractivity contribution >= 4 is 46.7 Å². The van der Waals surface area contributed by atoms with Crippen molar-refractivity contribution in [3.05, 3.63) is 52.3 Å². The van der Waals surface area contributed by atoms with Crippen LogP contribution in [0.15, 0.2) is 41.2 Å². The number of alkyl halides is 2. The first-order valence-electron chi connectivity index (χ1n) is 7.62. The third-order valence-electron chi connectivity index (χ3n) is 3.59. The molecule has 2 rings (SSSR count). The van der Waals surface area contributed by atoms with E-state index >= 15 is 0 Å². The van der Waals surface area contributed by atoms with Crippen molar-refractivity contribution in [1.82, 2.24) is 4.98 Å². The highest BCUT2D eigenvalue weighted by atomic mass is 35.5. The average molecular weight is 412 g/mol. The Kier molecular flexibility index (Phi) is 6.37. The number of H-pyrrole nitrogens is 1. The topological polar surface area (TPSA) is 134 Å². The molecule has 4 N–H and O–H groups in total. The van der Waals surface area contributed by atoms with Crippen LogP contribution in [0.2, 0.25) is 0 Å². The number of carbonyl (C=O) groups is 3. The van der Waals surface area contributed by atoms with Gasteiger partial charge >= 0.3 is 5.97 Å². The van der Waals surface area contributed by atoms with Crippen molar-refractivity contribution in [2.45, 2.75) is 17.8 Å². The van der Waals surface area contributed by atoms with Crippen LogP contribution in [0.3, 0.4) is 0 Å². The summed E-state index contributed by atoms with van der Waals surface area (Å²) in [6.07, 6.45) is 0. The van der Waals surface area contributed by atoms with Crippen molar-refractivity contribution in [1.29, 1.82) is 0 Å². The van der Waals surface area contributed by atoms with E-state index in [0.717, 1.165) is 4.90 Å². The molecule has 142 valence electrons. The Morgan fingerprint density at radius 1 is 1.07 bits per heavy atom. The van der Waals surface area contributed by atoms with Crippen molar-refractivity contribution < 1.29 is 19.5 Å². The number of rotatable bonds is 5. The number of anilines is 1. The minimum absolute atomic E-state index is 0.196. The van der Waals surface area contributed by atoms with Gasteiger partial charge in [0.25, 0.3) is 11.5 Å². The van der Waals surface area contributed by atoms with Gasteiger partial charge in [0.15, 0.2) is 4.84 Å². The van der Waals surface area contributed by atoms with E-state index in [-0.39, 0.29) is 11.3 Å². The molecule has 0 unspecified atom stereocenters. The van der Waals surface area contributed by atoms with Gasteiger partial charge in [0.05, 0.1) is 11.7 Å². The third-order valence-corrected chi connectivity index (χ3v) is 3.97. The molecule has 0 bridgehead atoms. The first-order valence-corrected chi connectivity index (χ1v) is 8.49. The second-order valence-electron chi connectivity index (χ2n) is 5.57. The normalized spacial score (nSPS) is 11.9. The van der Waals surface area contributed by atoms with Gasteiger partial charge in [-0.05, 0) is 36.8 Å². The first-order chi connectivity index (χ1) is 12.6. The fourth-order valence-corrected chi connectivity index (χ4v) is 2.46. The van der Waals surface area contributed by atoms with Crippen LogP contribution < -0.4 is 16.2 Å². The molecule has 1 heterocycles. The van der Waals surface area contributed by atoms with E-state index in [2.05, 4.69) is 4.98 Å². The molecule has 2 aromatic rings. The Balaban J connectivity index is 2.41. The Hall–Kier alpha value is -2.68. The Morgan fingerprint density at radius 2 is 1.67 bits per heavy atom. The molecule has 1 atom stereocenters. The quantitative estimate of drug-likeness (QED) is 0.641. The molecule has 0 saturated carbocycles. The van der Waals surface area contributed by atoms with Gasteiger partial charge in [-0.1, -0.05) is 35.3 Å². The molecule has 10 heteroatoms. The monoisotopic (exact) mass is 411 g/mol. The SMILES string of the molecule is C[C@H](N)C(=O)N(C(=O)C(Cl)Cl)c1ccc(-c2ccc(C(=O)O)c(=O)[nH]2)cc1. The lowest BCUT2D eigenvalue weighted by molar-refractivity contribution is -0.126. The fourth-order valence-electron chi connectivity index (χ4n) is 2.26. The lowest BCUT2D eigenvalue weighted by atomic mass is 10.1. The molecule has 1 aromatic carbocycles. The number of benzene rings is 1. The largest absolute Gasteiger partial charge is 0.477 e. The summed E-state index contributed by atoms with van der Waals surface area (Å²) in [5.74, 6) is -2.86. The highest BCUT2D eigenvalue weighted by Gasteiger charge is 2.29. The van der Waals surface area contributed by atoms with E-state index in [4.69, 9.17) is 34.0 Å². The van der Waals surface area contributed by atoms with Crippen LogP contribution in [0.1, 0.15) is 17.3 Å². The number of nitrogens with zero attached hydrogens (tertiary/aromatic N) is 1. The van der Waals surface area contributed by atoms with Crippen LogP contribution in [0.4, 0.5) is 5.69 Å². The number of nitrogens with two attached hydrogens (primary N) is 1. The maximum atomic E-state index is 12.2. The number of aromatic carboxylic acids is 1. The summed E-state index contributed by atoms with van der Waals surface area (Å²) in [4.78, 5) is 48.9. The Bertz CT molecular complexity index is 918. The number of imide groups is 1. The second-order valence-corrected chi connectivity index (χ2v) is 6.66. The molecular weight excluding hydrogens is 397 g/mol. The summed E-state index contributed by atoms with van der Waals surface area (Å²) in [6, 6.07) is 7.64. The number of carbonyl (C=O) groups excluding carboxylic acids is 2. The van der Waals surface area contributed by atoms with Crippen LogP contribution in [0.5, 0.6) is 0 Å². The number of amides is 2. The standard InChI is InChI=1S/C17H15Cl2N3O5/c1-8(20)15(24)22(16(25)13(18)19)10-4-2-9(3-5-10)12-7-6-11(17(26)27)14(23)21-12/h2-8,13H,20H2,1H3,(H,21,23)(H,26,27)/t8-/m0/s1. The molecule has 0 saturated heterocycles. The van der Waals surface area contributed by atoms with Crippen molar-refractivity contribution in [2.24, 2.45) is 5.73 Å². The predicted octanol–water partition coefficient (Wildman–Crippen LogP) is 1.75. The van der Waals surface area contributed by atoms with Crippen LogP contribution in [-0.2, 0) is 9.59 Å². The molecule has 8 nitrogen and oxygen atoms in total. The maximum absolute atomic E-state index is 12.2. The van der Waals surface area contributed by atoms with Crippen molar-refractivity contribution in [3.8, 4) is 11.3 Å². The molecule has 0 aliphatic carbocycles. The van der Waals surface area contributed by atoms with E-state index < -0.39 is 34.2 Å². The minimum Gasteiger partial charge on any atom is -0.477 e. The summed E-state index contributed by atoms with van der Waals surface area (Å²) < 4.78 is 0. The summed E-state index contributed by atoms with van der Waals surface area (Å²) >= 11 is 11.2. The number of aromatic amines is 1. The number of aromatic nitrogens is 1. The highest BCUT2D eigenvalue weighted by molar-refractivity contribution is 6.55. The van der Waals surface area contributed by atoms with Gasteiger partial charge in [-0.2, -0.15) is 0 Å². The summed E-state index contributed by atoms with van der Waals surface area (Å²) in [6.45, 7) is 1.42. The van der Waals surface area contributed by atoms with Crippen LogP contribution >= 0.6 is 23.2 Å². The van der Waals surface area contributed by atoms with Crippen LogP contribution in [0.25, 0.3) is 11.3 Å². The molecule has 2 amide bonds. The van der Waals surface area contributed by atoms with Crippen LogP contribution in [-0.4, -0.2) is 38.8 Å². The molecule has 0 radical (unpaired) electrons. The highest BCUT2D eigenvalue weighted by Crippen LogP contribution is 2.24. The number of carboxylic acid groups (broad SMARTS) is 1. The molecule has 27 heavy (non-hydrogen) atoms. The smallest absolute Gasteiger partial charge is 0.341 e. The zero-order valence-corrected chi connectivity index (χ0v) is 15.5. The zero-order valence-electron chi connectivity index (χ0n) is 14.0. The second kappa shape index (κ2) is 8.34. The van der Waals surface area contributed by atoms with E-state index in [1.807, 2.05) is 0 Å². The van der Waals surface area contributed by atoms with Gasteiger partial charge in [0.1, 0.15) is 5.56 Å². The first kappa shape index (κ1) is 20.6. The van der Waals surface area contributed by atoms with Gasteiger partial charge in [-0.25, -0.2) is 9.69 Å². The van der Waals surface area contributed by atoms with E-state index in [0.29, 0.717) is 11.3 Å². The van der Waals surface area contributed by atoms with E-state index in [1.54, 1.807) is 0 Å². The molecular formula is C17H15Cl2N3O5. The number of hydrogen-bond donors (Lipinski definition) is 3. The predicted molar refractivity (Wildman–Crippen MR) is 101 cm³/mol. The number of halogens is 2. The number of carboxylic acids is 1. The average Bonchev–Trinajstić information content (AvgIpc) is 2.61. The van der Waals surface area contributed by atoms with Gasteiger partial charge in [0, 0.05) is 5.69 Å². The summed E-state index contributed by atoms with van der Waals surface area (Å²) in [5.41, 5.74) is 5.52. The molecule has 0 aliphatic rings. The molecule has 0 aliphatic heterocycles. The Morgan fingerprint density at radius 3 is 2.11 bits per heavy atom. The number of nitrogens with one attached hydrogen (secondary N) is 1. The van der Waals surface area contributed by atoms with Crippen molar-refractivity contribution in [2.75, 3.05) is 4.90 Å². The van der Waals surface area contributed by atoms with Gasteiger partial charge < -0.3 is 15.8 Å². The van der Waals surface area contributed by atoms with Gasteiger partial charge in [-0.15, -0.1) is 0 Å². The van der Waals surface area contributed by atoms with E-state index in [1.165, 1.54) is 43.3 Å². The van der Waals surface area contributed by atoms with Gasteiger partial charge in [0.2, 0.25) is 5.91 Å². The Labute approximate surface area is 163 Å². The summed E-state index contributed by atoms with van der Waals surface area (Å²) in [5, 5.41) is 8.90. The molecule has 1 aromatic heterocycles. The lowest BCUT2D eigenvalue weighted by Gasteiger charge is -2.23. The van der Waals surface area contributed by atoms with Crippen LogP contribution in [0, 0.1) is 0 Å². The number of pyridine rings is 1. The summed E-state index contributed by atoms with van der Waals surface area (Å²) in [7, 11) is 0. The van der Waals surface area contributed by atoms with E-state index in [9.17, 15) is 19.2 Å². The lowest BCUT2D eigenvalue weighted by Crippen LogP contribution is -2.47. The molecule has 0 fully saturated rings. The van der Waals surface area contributed by atoms with Crippen molar-refractivity contribution in [3.63, 3.8) is 0 Å². The van der Waals surface area contributed by atoms with Gasteiger partial charge in [-0.3, -0.25) is 14.4 Å². The fraction of sp³-hybridized carbons (Fsp3) is 0.176. The zero-order chi connectivity index (χ0) is 20.3. The molecule has 0 spiro atoms. The third kappa shape index (κ3) is 4.54. The number of hydrogen-bond acceptors (Lipinski definition) is 5. The minimum atomic E-state index is -1.45.